The lowest BCUT2D eigenvalue weighted by Crippen LogP contribution is -2.01. The summed E-state index contributed by atoms with van der Waals surface area (Å²) in [5.74, 6) is 0.237. The number of Topliss-reactive ketones (excluding diaryl/α,β-unsaturated/α-hetero) is 1. The van der Waals surface area contributed by atoms with Crippen molar-refractivity contribution >= 4 is 22.1 Å². The van der Waals surface area contributed by atoms with Crippen molar-refractivity contribution in [3.8, 4) is 0 Å². The average molecular weight is 250 g/mol. The Bertz CT molecular complexity index is 686. The molecular formula is C18H18O. The van der Waals surface area contributed by atoms with Crippen LogP contribution in [0.15, 0.2) is 42.0 Å². The van der Waals surface area contributed by atoms with Gasteiger partial charge < -0.3 is 0 Å². The van der Waals surface area contributed by atoms with E-state index in [2.05, 4.69) is 31.2 Å². The van der Waals surface area contributed by atoms with E-state index in [1.807, 2.05) is 19.1 Å². The zero-order valence-corrected chi connectivity index (χ0v) is 11.5. The number of fused-ring (bicyclic) bond motifs is 1. The van der Waals surface area contributed by atoms with Gasteiger partial charge in [-0.05, 0) is 53.8 Å². The van der Waals surface area contributed by atoms with Crippen LogP contribution in [0.5, 0.6) is 0 Å². The molecule has 0 spiro atoms. The second-order valence-electron chi connectivity index (χ2n) is 5.25. The van der Waals surface area contributed by atoms with Crippen LogP contribution in [-0.2, 0) is 0 Å². The van der Waals surface area contributed by atoms with Crippen molar-refractivity contribution in [3.05, 3.63) is 53.1 Å². The van der Waals surface area contributed by atoms with Crippen LogP contribution in [0.2, 0.25) is 0 Å². The van der Waals surface area contributed by atoms with E-state index in [9.17, 15) is 4.79 Å². The highest BCUT2D eigenvalue weighted by Crippen LogP contribution is 2.38. The van der Waals surface area contributed by atoms with E-state index in [1.165, 1.54) is 29.4 Å². The van der Waals surface area contributed by atoms with E-state index in [0.29, 0.717) is 6.42 Å². The number of ketones is 1. The molecule has 0 heterocycles. The molecule has 0 aromatic heterocycles. The second-order valence-corrected chi connectivity index (χ2v) is 5.25. The van der Waals surface area contributed by atoms with Crippen LogP contribution < -0.4 is 0 Å². The van der Waals surface area contributed by atoms with E-state index >= 15 is 0 Å². The topological polar surface area (TPSA) is 17.1 Å². The fourth-order valence-electron chi connectivity index (χ4n) is 2.60. The molecule has 1 aliphatic rings. The highest BCUT2D eigenvalue weighted by molar-refractivity contribution is 6.05. The SMILES string of the molecule is CCC(=O)c1cc2ccccc2cc1C(C)=C1CC1. The molecule has 0 saturated heterocycles. The molecule has 1 fully saturated rings. The third-order valence-electron chi connectivity index (χ3n) is 3.94. The molecule has 0 N–H and O–H groups in total. The highest BCUT2D eigenvalue weighted by atomic mass is 16.1. The minimum absolute atomic E-state index is 0.237. The molecule has 2 aromatic rings. The first-order valence-corrected chi connectivity index (χ1v) is 6.95. The molecule has 3 rings (SSSR count). The van der Waals surface area contributed by atoms with Gasteiger partial charge in [0.25, 0.3) is 0 Å². The van der Waals surface area contributed by atoms with Crippen molar-refractivity contribution in [3.63, 3.8) is 0 Å². The van der Waals surface area contributed by atoms with Gasteiger partial charge in [0, 0.05) is 12.0 Å². The average Bonchev–Trinajstić information content (AvgIpc) is 3.29. The van der Waals surface area contributed by atoms with Crippen molar-refractivity contribution in [1.82, 2.24) is 0 Å². The van der Waals surface area contributed by atoms with Gasteiger partial charge in [-0.2, -0.15) is 0 Å². The minimum atomic E-state index is 0.237. The van der Waals surface area contributed by atoms with Crippen molar-refractivity contribution in [1.29, 1.82) is 0 Å². The van der Waals surface area contributed by atoms with Crippen LogP contribution in [0.3, 0.4) is 0 Å². The normalized spacial score (nSPS) is 13.7. The van der Waals surface area contributed by atoms with Crippen molar-refractivity contribution < 1.29 is 4.79 Å². The molecule has 0 unspecified atom stereocenters. The van der Waals surface area contributed by atoms with Gasteiger partial charge in [-0.1, -0.05) is 36.8 Å². The lowest BCUT2D eigenvalue weighted by atomic mass is 9.92. The van der Waals surface area contributed by atoms with Gasteiger partial charge in [0.05, 0.1) is 0 Å². The largest absolute Gasteiger partial charge is 0.294 e. The Hall–Kier alpha value is -1.89. The second kappa shape index (κ2) is 4.65. The summed E-state index contributed by atoms with van der Waals surface area (Å²) in [7, 11) is 0. The van der Waals surface area contributed by atoms with E-state index in [4.69, 9.17) is 0 Å². The summed E-state index contributed by atoms with van der Waals surface area (Å²) in [6, 6.07) is 12.5. The Morgan fingerprint density at radius 3 is 2.16 bits per heavy atom. The van der Waals surface area contributed by atoms with Crippen molar-refractivity contribution in [2.24, 2.45) is 0 Å². The first-order valence-electron chi connectivity index (χ1n) is 6.95. The van der Waals surface area contributed by atoms with Crippen LogP contribution in [0.25, 0.3) is 16.3 Å². The molecule has 1 aliphatic carbocycles. The predicted molar refractivity (Wildman–Crippen MR) is 80.4 cm³/mol. The third kappa shape index (κ3) is 2.21. The Morgan fingerprint density at radius 2 is 1.63 bits per heavy atom. The highest BCUT2D eigenvalue weighted by Gasteiger charge is 2.19. The van der Waals surface area contributed by atoms with Gasteiger partial charge in [-0.3, -0.25) is 4.79 Å². The number of carbonyl (C=O) groups is 1. The maximum absolute atomic E-state index is 12.2. The Morgan fingerprint density at radius 1 is 1.05 bits per heavy atom. The Labute approximate surface area is 113 Å². The van der Waals surface area contributed by atoms with Crippen LogP contribution in [-0.4, -0.2) is 5.78 Å². The minimum Gasteiger partial charge on any atom is -0.294 e. The van der Waals surface area contributed by atoms with Crippen molar-refractivity contribution in [2.45, 2.75) is 33.1 Å². The number of hydrogen-bond donors (Lipinski definition) is 0. The van der Waals surface area contributed by atoms with Crippen LogP contribution >= 0.6 is 0 Å². The molecule has 0 radical (unpaired) electrons. The predicted octanol–water partition coefficient (Wildman–Crippen LogP) is 5.00. The maximum atomic E-state index is 12.2. The van der Waals surface area contributed by atoms with E-state index in [0.717, 1.165) is 16.5 Å². The maximum Gasteiger partial charge on any atom is 0.163 e. The molecular weight excluding hydrogens is 232 g/mol. The Kier molecular flexibility index (Phi) is 2.98. The van der Waals surface area contributed by atoms with E-state index < -0.39 is 0 Å². The molecule has 2 aromatic carbocycles. The molecule has 96 valence electrons. The number of benzene rings is 2. The summed E-state index contributed by atoms with van der Waals surface area (Å²) in [6.45, 7) is 4.08. The van der Waals surface area contributed by atoms with Crippen LogP contribution in [0.1, 0.15) is 49.0 Å². The van der Waals surface area contributed by atoms with Gasteiger partial charge in [0.2, 0.25) is 0 Å². The van der Waals surface area contributed by atoms with Gasteiger partial charge in [0.15, 0.2) is 5.78 Å². The van der Waals surface area contributed by atoms with Crippen molar-refractivity contribution in [2.75, 3.05) is 0 Å². The van der Waals surface area contributed by atoms with Gasteiger partial charge >= 0.3 is 0 Å². The summed E-state index contributed by atoms with van der Waals surface area (Å²) in [5, 5.41) is 2.36. The van der Waals surface area contributed by atoms with Crippen LogP contribution in [0, 0.1) is 0 Å². The molecule has 0 atom stereocenters. The zero-order chi connectivity index (χ0) is 13.4. The van der Waals surface area contributed by atoms with Gasteiger partial charge in [-0.25, -0.2) is 0 Å². The monoisotopic (exact) mass is 250 g/mol. The molecule has 0 aliphatic heterocycles. The lowest BCUT2D eigenvalue weighted by Gasteiger charge is -2.11. The molecule has 0 bridgehead atoms. The lowest BCUT2D eigenvalue weighted by molar-refractivity contribution is 0.0988. The van der Waals surface area contributed by atoms with Gasteiger partial charge in [-0.15, -0.1) is 0 Å². The molecule has 19 heavy (non-hydrogen) atoms. The fraction of sp³-hybridized carbons (Fsp3) is 0.278. The summed E-state index contributed by atoms with van der Waals surface area (Å²) < 4.78 is 0. The zero-order valence-electron chi connectivity index (χ0n) is 11.5. The number of carbonyl (C=O) groups excluding carboxylic acids is 1. The number of hydrogen-bond acceptors (Lipinski definition) is 1. The van der Waals surface area contributed by atoms with E-state index in [1.54, 1.807) is 0 Å². The standard InChI is InChI=1S/C18H18O/c1-3-18(19)17-11-15-7-5-4-6-14(15)10-16(17)12(2)13-8-9-13/h4-7,10-11H,3,8-9H2,1-2H3. The molecule has 1 heteroatoms. The summed E-state index contributed by atoms with van der Waals surface area (Å²) in [5.41, 5.74) is 4.83. The number of rotatable bonds is 3. The summed E-state index contributed by atoms with van der Waals surface area (Å²) >= 11 is 0. The smallest absolute Gasteiger partial charge is 0.163 e. The molecule has 1 saturated carbocycles. The Balaban J connectivity index is 2.27. The summed E-state index contributed by atoms with van der Waals surface area (Å²) in [6.07, 6.45) is 2.95. The molecule has 0 amide bonds. The third-order valence-corrected chi connectivity index (χ3v) is 3.94. The first kappa shape index (κ1) is 12.2. The fourth-order valence-corrected chi connectivity index (χ4v) is 2.60. The first-order chi connectivity index (χ1) is 9.20. The molecule has 1 nitrogen and oxygen atoms in total. The van der Waals surface area contributed by atoms with Crippen LogP contribution in [0.4, 0.5) is 0 Å². The summed E-state index contributed by atoms with van der Waals surface area (Å²) in [4.78, 5) is 12.2. The number of allylic oxidation sites excluding steroid dienone is 2. The van der Waals surface area contributed by atoms with E-state index in [-0.39, 0.29) is 5.78 Å². The van der Waals surface area contributed by atoms with Gasteiger partial charge in [0.1, 0.15) is 0 Å². The quantitative estimate of drug-likeness (QED) is 0.700.